The van der Waals surface area contributed by atoms with Gasteiger partial charge in [0.05, 0.1) is 11.7 Å². The van der Waals surface area contributed by atoms with Crippen molar-refractivity contribution in [3.05, 3.63) is 42.4 Å². The fourth-order valence-electron chi connectivity index (χ4n) is 0.981. The van der Waals surface area contributed by atoms with Gasteiger partial charge in [0.2, 0.25) is 0 Å². The lowest BCUT2D eigenvalue weighted by Crippen LogP contribution is -2.13. The van der Waals surface area contributed by atoms with Crippen molar-refractivity contribution in [1.82, 2.24) is 10.3 Å². The number of aromatic nitrogens is 1. The van der Waals surface area contributed by atoms with Crippen molar-refractivity contribution in [2.24, 2.45) is 0 Å². The minimum Gasteiger partial charge on any atom is -0.478 e. The molecule has 1 aromatic rings. The topological polar surface area (TPSA) is 62.2 Å². The molecule has 1 heterocycles. The van der Waals surface area contributed by atoms with Crippen molar-refractivity contribution in [2.45, 2.75) is 13.0 Å². The first kappa shape index (κ1) is 10.2. The van der Waals surface area contributed by atoms with Crippen molar-refractivity contribution in [1.29, 1.82) is 0 Å². The Labute approximate surface area is 82.3 Å². The second kappa shape index (κ2) is 5.01. The third-order valence-corrected chi connectivity index (χ3v) is 1.70. The SMILES string of the molecule is C[C@H](N/C=C/C(=O)O)c1ccccn1. The van der Waals surface area contributed by atoms with E-state index in [0.29, 0.717) is 0 Å². The summed E-state index contributed by atoms with van der Waals surface area (Å²) >= 11 is 0. The molecule has 0 spiro atoms. The molecule has 0 fully saturated rings. The lowest BCUT2D eigenvalue weighted by atomic mass is 10.2. The molecule has 0 aliphatic rings. The third-order valence-electron chi connectivity index (χ3n) is 1.70. The number of pyridine rings is 1. The molecule has 2 N–H and O–H groups in total. The smallest absolute Gasteiger partial charge is 0.329 e. The van der Waals surface area contributed by atoms with Crippen LogP contribution >= 0.6 is 0 Å². The van der Waals surface area contributed by atoms with Gasteiger partial charge in [-0.3, -0.25) is 4.98 Å². The van der Waals surface area contributed by atoms with Gasteiger partial charge < -0.3 is 10.4 Å². The van der Waals surface area contributed by atoms with Crippen LogP contribution in [0.15, 0.2) is 36.7 Å². The van der Waals surface area contributed by atoms with Crippen LogP contribution < -0.4 is 5.32 Å². The summed E-state index contributed by atoms with van der Waals surface area (Å²) in [6.07, 6.45) is 4.16. The Morgan fingerprint density at radius 3 is 3.00 bits per heavy atom. The number of carboxylic acid groups (broad SMARTS) is 1. The van der Waals surface area contributed by atoms with Crippen LogP contribution in [0.3, 0.4) is 0 Å². The Morgan fingerprint density at radius 1 is 1.64 bits per heavy atom. The van der Waals surface area contributed by atoms with Gasteiger partial charge in [-0.05, 0) is 19.1 Å². The van der Waals surface area contributed by atoms with Crippen molar-refractivity contribution < 1.29 is 9.90 Å². The van der Waals surface area contributed by atoms with Gasteiger partial charge in [-0.25, -0.2) is 4.79 Å². The van der Waals surface area contributed by atoms with E-state index in [1.54, 1.807) is 6.20 Å². The van der Waals surface area contributed by atoms with E-state index in [2.05, 4.69) is 10.3 Å². The monoisotopic (exact) mass is 192 g/mol. The van der Waals surface area contributed by atoms with E-state index >= 15 is 0 Å². The summed E-state index contributed by atoms with van der Waals surface area (Å²) in [5.41, 5.74) is 0.877. The van der Waals surface area contributed by atoms with Crippen molar-refractivity contribution in [3.8, 4) is 0 Å². The fraction of sp³-hybridized carbons (Fsp3) is 0.200. The normalized spacial score (nSPS) is 12.6. The first-order chi connectivity index (χ1) is 6.70. The molecule has 0 aliphatic heterocycles. The van der Waals surface area contributed by atoms with Gasteiger partial charge in [-0.2, -0.15) is 0 Å². The van der Waals surface area contributed by atoms with Gasteiger partial charge in [0.15, 0.2) is 0 Å². The van der Waals surface area contributed by atoms with Crippen LogP contribution in [-0.2, 0) is 4.79 Å². The molecular weight excluding hydrogens is 180 g/mol. The summed E-state index contributed by atoms with van der Waals surface area (Å²) in [6.45, 7) is 1.91. The van der Waals surface area contributed by atoms with Crippen molar-refractivity contribution in [2.75, 3.05) is 0 Å². The molecule has 1 atom stereocenters. The zero-order valence-electron chi connectivity index (χ0n) is 7.84. The van der Waals surface area contributed by atoms with Crippen LogP contribution in [0.4, 0.5) is 0 Å². The highest BCUT2D eigenvalue weighted by Crippen LogP contribution is 2.06. The van der Waals surface area contributed by atoms with E-state index in [0.717, 1.165) is 11.8 Å². The summed E-state index contributed by atoms with van der Waals surface area (Å²) in [5.74, 6) is -0.967. The minimum absolute atomic E-state index is 0.00630. The number of hydrogen-bond donors (Lipinski definition) is 2. The predicted octanol–water partition coefficient (Wildman–Crippen LogP) is 1.33. The first-order valence-corrected chi connectivity index (χ1v) is 4.26. The molecule has 0 aliphatic carbocycles. The van der Waals surface area contributed by atoms with Gasteiger partial charge in [-0.1, -0.05) is 6.07 Å². The average Bonchev–Trinajstić information content (AvgIpc) is 2.18. The highest BCUT2D eigenvalue weighted by atomic mass is 16.4. The lowest BCUT2D eigenvalue weighted by molar-refractivity contribution is -0.131. The van der Waals surface area contributed by atoms with E-state index in [1.807, 2.05) is 25.1 Å². The molecule has 74 valence electrons. The molecule has 0 bridgehead atoms. The summed E-state index contributed by atoms with van der Waals surface area (Å²) < 4.78 is 0. The molecule has 4 nitrogen and oxygen atoms in total. The van der Waals surface area contributed by atoms with Crippen LogP contribution in [0, 0.1) is 0 Å². The standard InChI is InChI=1S/C10H12N2O2/c1-8(11-7-5-10(13)14)9-4-2-3-6-12-9/h2-8,11H,1H3,(H,13,14)/b7-5+/t8-/m0/s1. The van der Waals surface area contributed by atoms with Crippen LogP contribution in [0.5, 0.6) is 0 Å². The molecule has 1 aromatic heterocycles. The van der Waals surface area contributed by atoms with Crippen molar-refractivity contribution >= 4 is 5.97 Å². The van der Waals surface area contributed by atoms with E-state index in [9.17, 15) is 4.79 Å². The van der Waals surface area contributed by atoms with E-state index in [-0.39, 0.29) is 6.04 Å². The quantitative estimate of drug-likeness (QED) is 0.706. The minimum atomic E-state index is -0.967. The van der Waals surface area contributed by atoms with Gasteiger partial charge in [0.25, 0.3) is 0 Å². The number of rotatable bonds is 4. The molecule has 14 heavy (non-hydrogen) atoms. The van der Waals surface area contributed by atoms with Crippen LogP contribution in [0.1, 0.15) is 18.7 Å². The summed E-state index contributed by atoms with van der Waals surface area (Å²) in [4.78, 5) is 14.3. The van der Waals surface area contributed by atoms with Crippen LogP contribution in [-0.4, -0.2) is 16.1 Å². The molecule has 0 aromatic carbocycles. The summed E-state index contributed by atoms with van der Waals surface area (Å²) in [6, 6.07) is 5.61. The van der Waals surface area contributed by atoms with Crippen molar-refractivity contribution in [3.63, 3.8) is 0 Å². The van der Waals surface area contributed by atoms with Gasteiger partial charge in [-0.15, -0.1) is 0 Å². The average molecular weight is 192 g/mol. The largest absolute Gasteiger partial charge is 0.478 e. The predicted molar refractivity (Wildman–Crippen MR) is 52.6 cm³/mol. The maximum Gasteiger partial charge on any atom is 0.329 e. The molecule has 0 saturated heterocycles. The van der Waals surface area contributed by atoms with E-state index in [4.69, 9.17) is 5.11 Å². The lowest BCUT2D eigenvalue weighted by Gasteiger charge is -2.09. The Bertz CT molecular complexity index is 322. The second-order valence-electron chi connectivity index (χ2n) is 2.81. The van der Waals surface area contributed by atoms with Gasteiger partial charge >= 0.3 is 5.97 Å². The zero-order chi connectivity index (χ0) is 10.4. The molecule has 0 amide bonds. The number of carboxylic acids is 1. The molecule has 4 heteroatoms. The maximum absolute atomic E-state index is 10.2. The maximum atomic E-state index is 10.2. The number of carbonyl (C=O) groups is 1. The highest BCUT2D eigenvalue weighted by molar-refractivity contribution is 5.79. The summed E-state index contributed by atoms with van der Waals surface area (Å²) in [7, 11) is 0. The molecule has 1 rings (SSSR count). The fourth-order valence-corrected chi connectivity index (χ4v) is 0.981. The number of aliphatic carboxylic acids is 1. The number of nitrogens with zero attached hydrogens (tertiary/aromatic N) is 1. The van der Waals surface area contributed by atoms with E-state index in [1.165, 1.54) is 6.20 Å². The summed E-state index contributed by atoms with van der Waals surface area (Å²) in [5, 5.41) is 11.3. The van der Waals surface area contributed by atoms with Gasteiger partial charge in [0.1, 0.15) is 0 Å². The number of nitrogens with one attached hydrogen (secondary N) is 1. The Hall–Kier alpha value is -1.84. The van der Waals surface area contributed by atoms with Gasteiger partial charge in [0, 0.05) is 18.5 Å². The second-order valence-corrected chi connectivity index (χ2v) is 2.81. The van der Waals surface area contributed by atoms with E-state index < -0.39 is 5.97 Å². The Balaban J connectivity index is 2.51. The molecule has 0 saturated carbocycles. The first-order valence-electron chi connectivity index (χ1n) is 4.26. The zero-order valence-corrected chi connectivity index (χ0v) is 7.84. The molecule has 0 radical (unpaired) electrons. The molecular formula is C10H12N2O2. The number of hydrogen-bond acceptors (Lipinski definition) is 3. The van der Waals surface area contributed by atoms with Crippen LogP contribution in [0.2, 0.25) is 0 Å². The third kappa shape index (κ3) is 3.26. The van der Waals surface area contributed by atoms with Crippen LogP contribution in [0.25, 0.3) is 0 Å². The Morgan fingerprint density at radius 2 is 2.43 bits per heavy atom. The molecule has 0 unspecified atom stereocenters. The highest BCUT2D eigenvalue weighted by Gasteiger charge is 2.01. The Kier molecular flexibility index (Phi) is 3.67.